The Morgan fingerprint density at radius 2 is 1.94 bits per heavy atom. The number of anilines is 1. The van der Waals surface area contributed by atoms with Crippen molar-refractivity contribution in [2.75, 3.05) is 12.4 Å². The Labute approximate surface area is 188 Å². The number of amides is 1. The van der Waals surface area contributed by atoms with Crippen LogP contribution in [-0.4, -0.2) is 33.4 Å². The molecule has 1 N–H and O–H groups in total. The highest BCUT2D eigenvalue weighted by Crippen LogP contribution is 2.25. The molecule has 1 amide bonds. The Balaban J connectivity index is 1.36. The van der Waals surface area contributed by atoms with Crippen molar-refractivity contribution in [3.8, 4) is 0 Å². The summed E-state index contributed by atoms with van der Waals surface area (Å²) in [6.07, 6.45) is 8.19. The summed E-state index contributed by atoms with van der Waals surface area (Å²) in [6.45, 7) is 1.54. The van der Waals surface area contributed by atoms with Gasteiger partial charge in [0.25, 0.3) is 11.5 Å². The lowest BCUT2D eigenvalue weighted by Crippen LogP contribution is -2.33. The summed E-state index contributed by atoms with van der Waals surface area (Å²) in [5, 5.41) is 3.66. The average Bonchev–Trinajstić information content (AvgIpc) is 3.29. The molecule has 0 spiro atoms. The number of benzene rings is 2. The van der Waals surface area contributed by atoms with Gasteiger partial charge in [-0.25, -0.2) is 4.98 Å². The largest absolute Gasteiger partial charge is 0.322 e. The van der Waals surface area contributed by atoms with Crippen molar-refractivity contribution in [3.63, 3.8) is 0 Å². The molecule has 5 rings (SSSR count). The number of aryl methyl sites for hydroxylation is 1. The molecule has 1 aliphatic heterocycles. The van der Waals surface area contributed by atoms with Crippen molar-refractivity contribution in [1.82, 2.24) is 14.5 Å². The van der Waals surface area contributed by atoms with Gasteiger partial charge in [-0.05, 0) is 56.1 Å². The van der Waals surface area contributed by atoms with Gasteiger partial charge < -0.3 is 5.32 Å². The fraction of sp³-hybridized carbons (Fsp3) is 0.423. The van der Waals surface area contributed by atoms with Crippen LogP contribution in [0.3, 0.4) is 0 Å². The van der Waals surface area contributed by atoms with Gasteiger partial charge in [-0.15, -0.1) is 0 Å². The molecule has 0 unspecified atom stereocenters. The van der Waals surface area contributed by atoms with Crippen molar-refractivity contribution in [2.24, 2.45) is 0 Å². The second-order valence-electron chi connectivity index (χ2n) is 9.14. The lowest BCUT2D eigenvalue weighted by molar-refractivity contribution is 0.102. The summed E-state index contributed by atoms with van der Waals surface area (Å²) in [4.78, 5) is 32.8. The van der Waals surface area contributed by atoms with E-state index in [-0.39, 0.29) is 11.5 Å². The zero-order valence-electron chi connectivity index (χ0n) is 18.6. The lowest BCUT2D eigenvalue weighted by Gasteiger charge is -2.31. The highest BCUT2D eigenvalue weighted by molar-refractivity contribution is 6.06. The second-order valence-corrected chi connectivity index (χ2v) is 9.14. The molecule has 166 valence electrons. The van der Waals surface area contributed by atoms with Gasteiger partial charge >= 0.3 is 0 Å². The summed E-state index contributed by atoms with van der Waals surface area (Å²) in [5.41, 5.74) is 3.06. The first kappa shape index (κ1) is 20.9. The fourth-order valence-corrected chi connectivity index (χ4v) is 5.12. The summed E-state index contributed by atoms with van der Waals surface area (Å²) in [7, 11) is 2.18. The van der Waals surface area contributed by atoms with Crippen LogP contribution in [0.25, 0.3) is 10.9 Å². The highest BCUT2D eigenvalue weighted by atomic mass is 16.1. The zero-order valence-corrected chi connectivity index (χ0v) is 18.6. The molecule has 1 aromatic heterocycles. The van der Waals surface area contributed by atoms with E-state index < -0.39 is 0 Å². The number of carbonyl (C=O) groups is 1. The van der Waals surface area contributed by atoms with Gasteiger partial charge in [0.05, 0.1) is 10.9 Å². The van der Waals surface area contributed by atoms with Gasteiger partial charge in [-0.2, -0.15) is 0 Å². The van der Waals surface area contributed by atoms with E-state index in [1.54, 1.807) is 22.8 Å². The SMILES string of the molecule is CN(Cc1ccccc1NC(=O)c1ccc2c(=O)n3c(nc2c1)CCC3)C1CCCCC1. The molecule has 0 atom stereocenters. The summed E-state index contributed by atoms with van der Waals surface area (Å²) >= 11 is 0. The predicted octanol–water partition coefficient (Wildman–Crippen LogP) is 4.36. The zero-order chi connectivity index (χ0) is 22.1. The van der Waals surface area contributed by atoms with E-state index in [0.717, 1.165) is 43.0 Å². The van der Waals surface area contributed by atoms with Crippen molar-refractivity contribution in [3.05, 3.63) is 69.8 Å². The molecule has 0 bridgehead atoms. The van der Waals surface area contributed by atoms with E-state index in [2.05, 4.69) is 28.3 Å². The van der Waals surface area contributed by atoms with Gasteiger partial charge in [0.15, 0.2) is 0 Å². The minimum absolute atomic E-state index is 0.00875. The Hall–Kier alpha value is -2.99. The van der Waals surface area contributed by atoms with Crippen LogP contribution in [0.1, 0.15) is 60.3 Å². The first-order valence-corrected chi connectivity index (χ1v) is 11.7. The Bertz CT molecular complexity index is 1210. The second kappa shape index (κ2) is 8.87. The van der Waals surface area contributed by atoms with Crippen LogP contribution in [0.2, 0.25) is 0 Å². The van der Waals surface area contributed by atoms with Crippen LogP contribution in [-0.2, 0) is 19.5 Å². The fourth-order valence-electron chi connectivity index (χ4n) is 5.12. The maximum Gasteiger partial charge on any atom is 0.261 e. The van der Waals surface area contributed by atoms with E-state index in [1.165, 1.54) is 32.1 Å². The summed E-state index contributed by atoms with van der Waals surface area (Å²) < 4.78 is 1.75. The van der Waals surface area contributed by atoms with E-state index in [4.69, 9.17) is 0 Å². The molecular weight excluding hydrogens is 400 g/mol. The van der Waals surface area contributed by atoms with E-state index in [9.17, 15) is 9.59 Å². The summed E-state index contributed by atoms with van der Waals surface area (Å²) in [5.74, 6) is 0.637. The van der Waals surface area contributed by atoms with Gasteiger partial charge in [0, 0.05) is 36.8 Å². The average molecular weight is 431 g/mol. The molecule has 2 aromatic carbocycles. The maximum atomic E-state index is 13.1. The normalized spacial score (nSPS) is 16.4. The number of fused-ring (bicyclic) bond motifs is 2. The monoisotopic (exact) mass is 430 g/mol. The molecule has 6 heteroatoms. The minimum atomic E-state index is -0.179. The van der Waals surface area contributed by atoms with E-state index >= 15 is 0 Å². The number of hydrogen-bond acceptors (Lipinski definition) is 4. The predicted molar refractivity (Wildman–Crippen MR) is 127 cm³/mol. The number of aromatic nitrogens is 2. The number of rotatable bonds is 5. The molecule has 1 aliphatic carbocycles. The standard InChI is InChI=1S/C26H30N4O2/c1-29(20-9-3-2-4-10-20)17-19-8-5-6-11-22(19)28-25(31)18-13-14-21-23(16-18)27-24-12-7-15-30(24)26(21)32/h5-6,8,11,13-14,16,20H,2-4,7,9-10,12,15,17H2,1H3,(H,28,31). The number of nitrogens with zero attached hydrogens (tertiary/aromatic N) is 3. The van der Waals surface area contributed by atoms with Crippen LogP contribution in [0.15, 0.2) is 47.3 Å². The third-order valence-corrected chi connectivity index (χ3v) is 6.96. The van der Waals surface area contributed by atoms with Gasteiger partial charge in [-0.1, -0.05) is 37.5 Å². The molecule has 32 heavy (non-hydrogen) atoms. The Morgan fingerprint density at radius 1 is 1.12 bits per heavy atom. The number of nitrogens with one attached hydrogen (secondary N) is 1. The lowest BCUT2D eigenvalue weighted by atomic mass is 9.94. The Kier molecular flexibility index (Phi) is 5.79. The van der Waals surface area contributed by atoms with Crippen LogP contribution < -0.4 is 10.9 Å². The first-order chi connectivity index (χ1) is 15.6. The highest BCUT2D eigenvalue weighted by Gasteiger charge is 2.20. The van der Waals surface area contributed by atoms with Crippen LogP contribution in [0.4, 0.5) is 5.69 Å². The van der Waals surface area contributed by atoms with Crippen molar-refractivity contribution in [2.45, 2.75) is 64.1 Å². The summed E-state index contributed by atoms with van der Waals surface area (Å²) in [6, 6.07) is 13.8. The van der Waals surface area contributed by atoms with Crippen molar-refractivity contribution in [1.29, 1.82) is 0 Å². The smallest absolute Gasteiger partial charge is 0.261 e. The molecule has 2 aliphatic rings. The van der Waals surface area contributed by atoms with Gasteiger partial charge in [-0.3, -0.25) is 19.1 Å². The number of para-hydroxylation sites is 1. The van der Waals surface area contributed by atoms with E-state index in [1.807, 2.05) is 18.2 Å². The van der Waals surface area contributed by atoms with E-state index in [0.29, 0.717) is 22.5 Å². The molecule has 0 saturated heterocycles. The van der Waals surface area contributed by atoms with Gasteiger partial charge in [0.2, 0.25) is 0 Å². The Morgan fingerprint density at radius 3 is 2.78 bits per heavy atom. The van der Waals surface area contributed by atoms with Gasteiger partial charge in [0.1, 0.15) is 5.82 Å². The number of hydrogen-bond donors (Lipinski definition) is 1. The van der Waals surface area contributed by atoms with Crippen molar-refractivity contribution >= 4 is 22.5 Å². The molecular formula is C26H30N4O2. The van der Waals surface area contributed by atoms with Crippen LogP contribution in [0, 0.1) is 0 Å². The first-order valence-electron chi connectivity index (χ1n) is 11.7. The molecule has 3 aromatic rings. The molecule has 6 nitrogen and oxygen atoms in total. The molecule has 1 fully saturated rings. The quantitative estimate of drug-likeness (QED) is 0.653. The number of carbonyl (C=O) groups excluding carboxylic acids is 1. The minimum Gasteiger partial charge on any atom is -0.322 e. The van der Waals surface area contributed by atoms with Crippen LogP contribution in [0.5, 0.6) is 0 Å². The topological polar surface area (TPSA) is 67.2 Å². The molecule has 1 saturated carbocycles. The third-order valence-electron chi connectivity index (χ3n) is 6.96. The third kappa shape index (κ3) is 4.07. The van der Waals surface area contributed by atoms with Crippen molar-refractivity contribution < 1.29 is 4.79 Å². The maximum absolute atomic E-state index is 13.1. The van der Waals surface area contributed by atoms with Crippen LogP contribution >= 0.6 is 0 Å². The molecule has 0 radical (unpaired) electrons. The molecule has 2 heterocycles.